The molecule has 0 saturated carbocycles. The molecule has 6 nitrogen and oxygen atoms in total. The van der Waals surface area contributed by atoms with E-state index in [2.05, 4.69) is 15.0 Å². The van der Waals surface area contributed by atoms with Crippen molar-refractivity contribution in [3.8, 4) is 0 Å². The third kappa shape index (κ3) is 4.25. The quantitative estimate of drug-likeness (QED) is 0.723. The first-order chi connectivity index (χ1) is 12.4. The van der Waals surface area contributed by atoms with E-state index in [9.17, 15) is 13.2 Å². The van der Waals surface area contributed by atoms with Crippen LogP contribution < -0.4 is 10.0 Å². The van der Waals surface area contributed by atoms with Gasteiger partial charge in [-0.3, -0.25) is 9.52 Å². The van der Waals surface area contributed by atoms with Crippen molar-refractivity contribution in [3.63, 3.8) is 0 Å². The number of pyridine rings is 1. The second-order valence-electron chi connectivity index (χ2n) is 5.67. The molecule has 1 aromatic heterocycles. The molecule has 1 amide bonds. The van der Waals surface area contributed by atoms with Crippen molar-refractivity contribution in [2.45, 2.75) is 11.8 Å². The van der Waals surface area contributed by atoms with Gasteiger partial charge in [0.25, 0.3) is 15.9 Å². The van der Waals surface area contributed by atoms with Crippen molar-refractivity contribution in [1.82, 2.24) is 4.98 Å². The Morgan fingerprint density at radius 3 is 2.38 bits per heavy atom. The SMILES string of the molecule is Cc1cccc(C(=O)Nc2ccc(S(=O)(=O)Nc3ccccn3)cc2)c1. The van der Waals surface area contributed by atoms with E-state index in [-0.39, 0.29) is 16.6 Å². The Morgan fingerprint density at radius 2 is 1.73 bits per heavy atom. The molecule has 0 spiro atoms. The van der Waals surface area contributed by atoms with Crippen LogP contribution in [0.1, 0.15) is 15.9 Å². The lowest BCUT2D eigenvalue weighted by Gasteiger charge is -2.09. The summed E-state index contributed by atoms with van der Waals surface area (Å²) in [5, 5.41) is 2.75. The summed E-state index contributed by atoms with van der Waals surface area (Å²) in [7, 11) is -3.74. The molecule has 0 aliphatic carbocycles. The van der Waals surface area contributed by atoms with Gasteiger partial charge in [-0.15, -0.1) is 0 Å². The number of aromatic nitrogens is 1. The number of nitrogens with one attached hydrogen (secondary N) is 2. The van der Waals surface area contributed by atoms with Gasteiger partial charge in [-0.2, -0.15) is 0 Å². The van der Waals surface area contributed by atoms with Crippen LogP contribution in [0.5, 0.6) is 0 Å². The van der Waals surface area contributed by atoms with Crippen molar-refractivity contribution in [2.24, 2.45) is 0 Å². The molecule has 7 heteroatoms. The molecule has 2 N–H and O–H groups in total. The van der Waals surface area contributed by atoms with Crippen LogP contribution in [0.25, 0.3) is 0 Å². The third-order valence-electron chi connectivity index (χ3n) is 3.61. The Kier molecular flexibility index (Phi) is 4.99. The van der Waals surface area contributed by atoms with E-state index in [1.54, 1.807) is 42.5 Å². The molecule has 0 bridgehead atoms. The van der Waals surface area contributed by atoms with E-state index in [1.165, 1.54) is 18.3 Å². The summed E-state index contributed by atoms with van der Waals surface area (Å²) in [5.41, 5.74) is 2.03. The van der Waals surface area contributed by atoms with Crippen LogP contribution in [-0.2, 0) is 10.0 Å². The van der Waals surface area contributed by atoms with E-state index in [4.69, 9.17) is 0 Å². The smallest absolute Gasteiger partial charge is 0.263 e. The lowest BCUT2D eigenvalue weighted by Crippen LogP contribution is -2.14. The first kappa shape index (κ1) is 17.6. The van der Waals surface area contributed by atoms with Crippen molar-refractivity contribution < 1.29 is 13.2 Å². The zero-order valence-electron chi connectivity index (χ0n) is 14.0. The second-order valence-corrected chi connectivity index (χ2v) is 7.35. The predicted molar refractivity (Wildman–Crippen MR) is 101 cm³/mol. The second kappa shape index (κ2) is 7.37. The molecular weight excluding hydrogens is 350 g/mol. The summed E-state index contributed by atoms with van der Waals surface area (Å²) in [4.78, 5) is 16.3. The maximum Gasteiger partial charge on any atom is 0.263 e. The van der Waals surface area contributed by atoms with Gasteiger partial charge in [-0.25, -0.2) is 13.4 Å². The Balaban J connectivity index is 1.73. The van der Waals surface area contributed by atoms with Crippen LogP contribution in [-0.4, -0.2) is 19.3 Å². The topological polar surface area (TPSA) is 88.2 Å². The normalized spacial score (nSPS) is 11.0. The molecule has 0 unspecified atom stereocenters. The molecule has 0 saturated heterocycles. The Morgan fingerprint density at radius 1 is 0.962 bits per heavy atom. The minimum absolute atomic E-state index is 0.0803. The molecule has 0 radical (unpaired) electrons. The number of amides is 1. The van der Waals surface area contributed by atoms with E-state index >= 15 is 0 Å². The van der Waals surface area contributed by atoms with Gasteiger partial charge in [0.15, 0.2) is 0 Å². The van der Waals surface area contributed by atoms with Crippen molar-refractivity contribution in [1.29, 1.82) is 0 Å². The van der Waals surface area contributed by atoms with Crippen LogP contribution in [0.2, 0.25) is 0 Å². The number of aryl methyl sites for hydroxylation is 1. The van der Waals surface area contributed by atoms with Gasteiger partial charge >= 0.3 is 0 Å². The highest BCUT2D eigenvalue weighted by molar-refractivity contribution is 7.92. The van der Waals surface area contributed by atoms with E-state index in [0.29, 0.717) is 11.3 Å². The zero-order chi connectivity index (χ0) is 18.6. The van der Waals surface area contributed by atoms with Crippen molar-refractivity contribution in [3.05, 3.63) is 84.1 Å². The molecule has 26 heavy (non-hydrogen) atoms. The number of benzene rings is 2. The average Bonchev–Trinajstić information content (AvgIpc) is 2.62. The first-order valence-electron chi connectivity index (χ1n) is 7.86. The highest BCUT2D eigenvalue weighted by Gasteiger charge is 2.15. The summed E-state index contributed by atoms with van der Waals surface area (Å²) < 4.78 is 27.1. The molecule has 0 atom stereocenters. The van der Waals surface area contributed by atoms with Gasteiger partial charge in [0, 0.05) is 17.4 Å². The molecule has 0 aliphatic rings. The average molecular weight is 367 g/mol. The number of sulfonamides is 1. The van der Waals surface area contributed by atoms with E-state index in [0.717, 1.165) is 5.56 Å². The Hall–Kier alpha value is -3.19. The fourth-order valence-corrected chi connectivity index (χ4v) is 3.34. The lowest BCUT2D eigenvalue weighted by atomic mass is 10.1. The number of nitrogens with zero attached hydrogens (tertiary/aromatic N) is 1. The monoisotopic (exact) mass is 367 g/mol. The van der Waals surface area contributed by atoms with Crippen LogP contribution in [0.4, 0.5) is 11.5 Å². The highest BCUT2D eigenvalue weighted by Crippen LogP contribution is 2.18. The van der Waals surface area contributed by atoms with Crippen LogP contribution >= 0.6 is 0 Å². The Bertz CT molecular complexity index is 1020. The predicted octanol–water partition coefficient (Wildman–Crippen LogP) is 3.44. The lowest BCUT2D eigenvalue weighted by molar-refractivity contribution is 0.102. The van der Waals surface area contributed by atoms with Gasteiger partial charge in [0.2, 0.25) is 0 Å². The number of carbonyl (C=O) groups is 1. The summed E-state index contributed by atoms with van der Waals surface area (Å²) in [6, 6.07) is 18.1. The number of carbonyl (C=O) groups excluding carboxylic acids is 1. The summed E-state index contributed by atoms with van der Waals surface area (Å²) >= 11 is 0. The fraction of sp³-hybridized carbons (Fsp3) is 0.0526. The largest absolute Gasteiger partial charge is 0.322 e. The minimum Gasteiger partial charge on any atom is -0.322 e. The molecule has 1 heterocycles. The molecular formula is C19H17N3O3S. The first-order valence-corrected chi connectivity index (χ1v) is 9.34. The van der Waals surface area contributed by atoms with Gasteiger partial charge < -0.3 is 5.32 Å². The van der Waals surface area contributed by atoms with E-state index < -0.39 is 10.0 Å². The maximum atomic E-state index is 12.4. The maximum absolute atomic E-state index is 12.4. The van der Waals surface area contributed by atoms with E-state index in [1.807, 2.05) is 19.1 Å². The number of anilines is 2. The molecule has 0 fully saturated rings. The zero-order valence-corrected chi connectivity index (χ0v) is 14.8. The molecule has 0 aliphatic heterocycles. The minimum atomic E-state index is -3.74. The van der Waals surface area contributed by atoms with Gasteiger partial charge in [0.05, 0.1) is 4.90 Å². The Labute approximate surface area is 152 Å². The molecule has 3 rings (SSSR count). The van der Waals surface area contributed by atoms with Crippen LogP contribution in [0.3, 0.4) is 0 Å². The summed E-state index contributed by atoms with van der Waals surface area (Å²) in [6.45, 7) is 1.91. The van der Waals surface area contributed by atoms with Crippen molar-refractivity contribution >= 4 is 27.4 Å². The van der Waals surface area contributed by atoms with Crippen LogP contribution in [0, 0.1) is 6.92 Å². The number of hydrogen-bond acceptors (Lipinski definition) is 4. The van der Waals surface area contributed by atoms with Gasteiger partial charge in [0.1, 0.15) is 5.82 Å². The summed E-state index contributed by atoms with van der Waals surface area (Å²) in [5.74, 6) is -0.0137. The van der Waals surface area contributed by atoms with Crippen LogP contribution in [0.15, 0.2) is 77.8 Å². The van der Waals surface area contributed by atoms with Crippen molar-refractivity contribution in [2.75, 3.05) is 10.0 Å². The molecule has 2 aromatic carbocycles. The van der Waals surface area contributed by atoms with Gasteiger partial charge in [-0.05, 0) is 55.5 Å². The standard InChI is InChI=1S/C19H17N3O3S/c1-14-5-4-6-15(13-14)19(23)21-16-8-10-17(11-9-16)26(24,25)22-18-7-2-3-12-20-18/h2-13H,1H3,(H,20,22)(H,21,23). The van der Waals surface area contributed by atoms with Gasteiger partial charge in [-0.1, -0.05) is 23.8 Å². The number of hydrogen-bond donors (Lipinski definition) is 2. The third-order valence-corrected chi connectivity index (χ3v) is 4.98. The molecule has 132 valence electrons. The molecule has 3 aromatic rings. The highest BCUT2D eigenvalue weighted by atomic mass is 32.2. The number of rotatable bonds is 5. The summed E-state index contributed by atoms with van der Waals surface area (Å²) in [6.07, 6.45) is 1.50. The fourth-order valence-electron chi connectivity index (χ4n) is 2.33.